The number of hydrogen-bond acceptors (Lipinski definition) is 5. The maximum atomic E-state index is 9.77. The van der Waals surface area contributed by atoms with Crippen LogP contribution in [0.3, 0.4) is 0 Å². The van der Waals surface area contributed by atoms with Gasteiger partial charge in [-0.15, -0.1) is 0 Å². The van der Waals surface area contributed by atoms with Crippen molar-refractivity contribution in [3.63, 3.8) is 0 Å². The number of nitrogens with zero attached hydrogens (tertiary/aromatic N) is 2. The van der Waals surface area contributed by atoms with Crippen molar-refractivity contribution in [3.8, 4) is 11.5 Å². The van der Waals surface area contributed by atoms with E-state index in [0.29, 0.717) is 22.3 Å². The molecule has 0 bridgehead atoms. The first-order valence-corrected chi connectivity index (χ1v) is 7.76. The van der Waals surface area contributed by atoms with E-state index >= 15 is 0 Å². The van der Waals surface area contributed by atoms with E-state index in [2.05, 4.69) is 15.3 Å². The Kier molecular flexibility index (Phi) is 4.75. The van der Waals surface area contributed by atoms with Gasteiger partial charge < -0.3 is 15.2 Å². The minimum absolute atomic E-state index is 0.200. The minimum Gasteiger partial charge on any atom is -0.452 e. The molecule has 0 aliphatic heterocycles. The molecule has 0 unspecified atom stereocenters. The van der Waals surface area contributed by atoms with E-state index in [4.69, 9.17) is 16.3 Å². The molecule has 5 nitrogen and oxygen atoms in total. The van der Waals surface area contributed by atoms with Gasteiger partial charge in [0.05, 0.1) is 12.3 Å². The number of anilines is 1. The van der Waals surface area contributed by atoms with Crippen LogP contribution in [0.2, 0.25) is 5.02 Å². The van der Waals surface area contributed by atoms with Crippen LogP contribution in [0.15, 0.2) is 36.8 Å². The molecule has 0 spiro atoms. The van der Waals surface area contributed by atoms with Gasteiger partial charge >= 0.3 is 0 Å². The van der Waals surface area contributed by atoms with E-state index in [0.717, 1.165) is 25.7 Å². The van der Waals surface area contributed by atoms with Crippen molar-refractivity contribution in [2.75, 3.05) is 5.32 Å². The first-order chi connectivity index (χ1) is 10.7. The van der Waals surface area contributed by atoms with Crippen molar-refractivity contribution >= 4 is 17.4 Å². The van der Waals surface area contributed by atoms with Crippen LogP contribution >= 0.6 is 11.6 Å². The zero-order valence-electron chi connectivity index (χ0n) is 12.1. The van der Waals surface area contributed by atoms with E-state index in [9.17, 15) is 5.11 Å². The Morgan fingerprint density at radius 2 is 2.05 bits per heavy atom. The van der Waals surface area contributed by atoms with Gasteiger partial charge in [-0.2, -0.15) is 0 Å². The Bertz CT molecular complexity index is 621. The van der Waals surface area contributed by atoms with Gasteiger partial charge in [-0.05, 0) is 49.9 Å². The highest BCUT2D eigenvalue weighted by Gasteiger charge is 2.21. The topological polar surface area (TPSA) is 67.3 Å². The molecule has 1 heterocycles. The molecule has 2 N–H and O–H groups in total. The number of hydrogen-bond donors (Lipinski definition) is 2. The summed E-state index contributed by atoms with van der Waals surface area (Å²) in [5, 5.41) is 13.8. The first kappa shape index (κ1) is 15.1. The third-order valence-corrected chi connectivity index (χ3v) is 3.96. The molecule has 3 rings (SSSR count). The van der Waals surface area contributed by atoms with Gasteiger partial charge in [0, 0.05) is 11.1 Å². The van der Waals surface area contributed by atoms with E-state index in [1.807, 2.05) is 0 Å². The highest BCUT2D eigenvalue weighted by Crippen LogP contribution is 2.30. The van der Waals surface area contributed by atoms with Crippen molar-refractivity contribution in [1.82, 2.24) is 9.97 Å². The van der Waals surface area contributed by atoms with Crippen molar-refractivity contribution in [2.24, 2.45) is 0 Å². The van der Waals surface area contributed by atoms with Gasteiger partial charge in [-0.25, -0.2) is 9.97 Å². The van der Waals surface area contributed by atoms with Crippen LogP contribution in [0.25, 0.3) is 0 Å². The molecule has 1 fully saturated rings. The number of aromatic nitrogens is 2. The Hall–Kier alpha value is -1.85. The summed E-state index contributed by atoms with van der Waals surface area (Å²) in [6.45, 7) is 0. The lowest BCUT2D eigenvalue weighted by molar-refractivity contribution is 0.124. The van der Waals surface area contributed by atoms with Crippen molar-refractivity contribution in [2.45, 2.75) is 37.8 Å². The number of benzene rings is 1. The molecule has 1 aromatic heterocycles. The summed E-state index contributed by atoms with van der Waals surface area (Å²) >= 11 is 5.87. The summed E-state index contributed by atoms with van der Waals surface area (Å²) < 4.78 is 5.82. The van der Waals surface area contributed by atoms with Crippen LogP contribution in [-0.4, -0.2) is 27.2 Å². The molecule has 0 radical (unpaired) electrons. The largest absolute Gasteiger partial charge is 0.452 e. The lowest BCUT2D eigenvalue weighted by Gasteiger charge is -2.27. The highest BCUT2D eigenvalue weighted by atomic mass is 35.5. The summed E-state index contributed by atoms with van der Waals surface area (Å²) in [6, 6.07) is 7.33. The summed E-state index contributed by atoms with van der Waals surface area (Å²) in [4.78, 5) is 8.27. The second-order valence-corrected chi connectivity index (χ2v) is 5.89. The molecule has 0 amide bonds. The van der Waals surface area contributed by atoms with Crippen molar-refractivity contribution < 1.29 is 9.84 Å². The van der Waals surface area contributed by atoms with Gasteiger partial charge in [0.15, 0.2) is 11.6 Å². The Balaban J connectivity index is 1.73. The van der Waals surface area contributed by atoms with Gasteiger partial charge in [-0.3, -0.25) is 0 Å². The number of ether oxygens (including phenoxy) is 1. The predicted octanol–water partition coefficient (Wildman–Crippen LogP) is 3.64. The van der Waals surface area contributed by atoms with E-state index in [-0.39, 0.29) is 12.1 Å². The second kappa shape index (κ2) is 6.94. The maximum absolute atomic E-state index is 9.77. The van der Waals surface area contributed by atoms with Gasteiger partial charge in [-0.1, -0.05) is 11.6 Å². The van der Waals surface area contributed by atoms with Gasteiger partial charge in [0.2, 0.25) is 0 Å². The van der Waals surface area contributed by atoms with E-state index in [1.165, 1.54) is 6.33 Å². The maximum Gasteiger partial charge on any atom is 0.187 e. The monoisotopic (exact) mass is 319 g/mol. The molecule has 22 heavy (non-hydrogen) atoms. The Labute approximate surface area is 134 Å². The normalized spacial score (nSPS) is 21.4. The van der Waals surface area contributed by atoms with Crippen molar-refractivity contribution in [1.29, 1.82) is 0 Å². The summed E-state index contributed by atoms with van der Waals surface area (Å²) in [5.41, 5.74) is 0. The Morgan fingerprint density at radius 1 is 1.23 bits per heavy atom. The quantitative estimate of drug-likeness (QED) is 0.900. The fourth-order valence-corrected chi connectivity index (χ4v) is 2.74. The van der Waals surface area contributed by atoms with Gasteiger partial charge in [0.25, 0.3) is 0 Å². The number of aliphatic hydroxyl groups is 1. The number of halogens is 1. The summed E-state index contributed by atoms with van der Waals surface area (Å²) in [5.74, 6) is 1.87. The average molecular weight is 320 g/mol. The Morgan fingerprint density at radius 3 is 2.82 bits per heavy atom. The number of nitrogens with one attached hydrogen (secondary N) is 1. The lowest BCUT2D eigenvalue weighted by Crippen LogP contribution is -2.30. The molecule has 116 valence electrons. The fourth-order valence-electron chi connectivity index (χ4n) is 2.62. The van der Waals surface area contributed by atoms with Crippen molar-refractivity contribution in [3.05, 3.63) is 41.8 Å². The van der Waals surface area contributed by atoms with E-state index in [1.54, 1.807) is 30.5 Å². The smallest absolute Gasteiger partial charge is 0.187 e. The third kappa shape index (κ3) is 3.87. The standard InChI is InChI=1S/C16H18ClN3O2/c17-11-4-6-14(7-5-11)22-15-9-18-10-19-16(15)20-12-2-1-3-13(21)8-12/h4-7,9-10,12-13,21H,1-3,8H2,(H,18,19,20)/t12-,13+/m0/s1. The third-order valence-electron chi connectivity index (χ3n) is 3.71. The molecule has 2 atom stereocenters. The molecule has 1 aliphatic rings. The highest BCUT2D eigenvalue weighted by molar-refractivity contribution is 6.30. The van der Waals surface area contributed by atoms with Crippen LogP contribution in [-0.2, 0) is 0 Å². The van der Waals surface area contributed by atoms with Crippen LogP contribution in [0.1, 0.15) is 25.7 Å². The lowest BCUT2D eigenvalue weighted by atomic mass is 9.93. The minimum atomic E-state index is -0.242. The number of aliphatic hydroxyl groups excluding tert-OH is 1. The predicted molar refractivity (Wildman–Crippen MR) is 85.4 cm³/mol. The second-order valence-electron chi connectivity index (χ2n) is 5.45. The molecular formula is C16H18ClN3O2. The SMILES string of the molecule is O[C@@H]1CCC[C@H](Nc2ncncc2Oc2ccc(Cl)cc2)C1. The first-order valence-electron chi connectivity index (χ1n) is 7.39. The van der Waals surface area contributed by atoms with Crippen LogP contribution in [0.5, 0.6) is 11.5 Å². The zero-order chi connectivity index (χ0) is 15.4. The molecule has 1 aliphatic carbocycles. The molecule has 1 saturated carbocycles. The molecule has 0 saturated heterocycles. The molecular weight excluding hydrogens is 302 g/mol. The van der Waals surface area contributed by atoms with Crippen LogP contribution in [0.4, 0.5) is 5.82 Å². The summed E-state index contributed by atoms with van der Waals surface area (Å²) in [6.07, 6.45) is 6.49. The van der Waals surface area contributed by atoms with Crippen LogP contribution in [0, 0.1) is 0 Å². The van der Waals surface area contributed by atoms with Gasteiger partial charge in [0.1, 0.15) is 12.1 Å². The summed E-state index contributed by atoms with van der Waals surface area (Å²) in [7, 11) is 0. The zero-order valence-corrected chi connectivity index (χ0v) is 12.8. The van der Waals surface area contributed by atoms with Crippen LogP contribution < -0.4 is 10.1 Å². The molecule has 2 aromatic rings. The fraction of sp³-hybridized carbons (Fsp3) is 0.375. The molecule has 6 heteroatoms. The number of rotatable bonds is 4. The molecule has 1 aromatic carbocycles. The average Bonchev–Trinajstić information content (AvgIpc) is 2.51. The van der Waals surface area contributed by atoms with E-state index < -0.39 is 0 Å².